The average molecular weight is 516 g/mol. The molecule has 2 aliphatic rings. The molecule has 1 aliphatic heterocycles. The molecule has 1 aromatic rings. The van der Waals surface area contributed by atoms with Gasteiger partial charge in [-0.1, -0.05) is 6.92 Å². The lowest BCUT2D eigenvalue weighted by molar-refractivity contribution is -0.147. The van der Waals surface area contributed by atoms with Gasteiger partial charge in [0.05, 0.1) is 11.9 Å². The van der Waals surface area contributed by atoms with E-state index in [1.807, 2.05) is 0 Å². The van der Waals surface area contributed by atoms with Crippen LogP contribution < -0.4 is 16.0 Å². The Bertz CT molecular complexity index is 1010. The molecule has 0 spiro atoms. The predicted octanol–water partition coefficient (Wildman–Crippen LogP) is 4.00. The van der Waals surface area contributed by atoms with Gasteiger partial charge in [-0.05, 0) is 89.7 Å². The number of rotatable bonds is 4. The minimum absolute atomic E-state index is 0.0122. The van der Waals surface area contributed by atoms with Crippen molar-refractivity contribution in [2.75, 3.05) is 17.2 Å². The number of nitrogens with zero attached hydrogens (tertiary/aromatic N) is 2. The Morgan fingerprint density at radius 3 is 2.30 bits per heavy atom. The number of aromatic nitrogens is 1. The third kappa shape index (κ3) is 8.16. The van der Waals surface area contributed by atoms with Crippen LogP contribution in [0.1, 0.15) is 78.7 Å². The van der Waals surface area contributed by atoms with E-state index in [2.05, 4.69) is 27.9 Å². The standard InChI is InChI=1S/C27H41N5O5/c1-16-7-12-22(19-8-10-20(11-9-19)29-18(3)33)32(15-16)25(35)24(34)30-21-13-17(2)23(28-14-21)31-26(36)37-27(4,5)6/h13-14,16,19-20,22H,7-12,15H2,1-6H3,(H,29,33)(H,30,34)(H,28,31,36)/t16-,19?,20?,22?/m1/s1. The van der Waals surface area contributed by atoms with Crippen molar-refractivity contribution in [2.45, 2.75) is 97.8 Å². The van der Waals surface area contributed by atoms with Crippen molar-refractivity contribution < 1.29 is 23.9 Å². The van der Waals surface area contributed by atoms with E-state index in [1.54, 1.807) is 38.7 Å². The molecule has 2 fully saturated rings. The molecule has 0 radical (unpaired) electrons. The maximum Gasteiger partial charge on any atom is 0.413 e. The van der Waals surface area contributed by atoms with Crippen LogP contribution in [0.2, 0.25) is 0 Å². The second kappa shape index (κ2) is 11.9. The van der Waals surface area contributed by atoms with Crippen LogP contribution in [0.4, 0.5) is 16.3 Å². The number of piperidine rings is 1. The van der Waals surface area contributed by atoms with Gasteiger partial charge in [-0.15, -0.1) is 0 Å². The molecule has 3 N–H and O–H groups in total. The van der Waals surface area contributed by atoms with Crippen molar-refractivity contribution >= 4 is 35.3 Å². The summed E-state index contributed by atoms with van der Waals surface area (Å²) in [5.74, 6) is -0.281. The first-order valence-electron chi connectivity index (χ1n) is 13.2. The van der Waals surface area contributed by atoms with E-state index in [9.17, 15) is 19.2 Å². The number of ether oxygens (including phenoxy) is 1. The van der Waals surface area contributed by atoms with E-state index in [1.165, 1.54) is 13.1 Å². The molecule has 0 bridgehead atoms. The van der Waals surface area contributed by atoms with Gasteiger partial charge in [0.15, 0.2) is 0 Å². The first-order chi connectivity index (χ1) is 17.3. The minimum Gasteiger partial charge on any atom is -0.444 e. The lowest BCUT2D eigenvalue weighted by atomic mass is 9.77. The summed E-state index contributed by atoms with van der Waals surface area (Å²) in [5, 5.41) is 8.28. The van der Waals surface area contributed by atoms with Crippen molar-refractivity contribution in [3.63, 3.8) is 0 Å². The topological polar surface area (TPSA) is 130 Å². The zero-order valence-electron chi connectivity index (χ0n) is 22.8. The number of nitrogens with one attached hydrogen (secondary N) is 3. The van der Waals surface area contributed by atoms with Crippen molar-refractivity contribution in [1.82, 2.24) is 15.2 Å². The van der Waals surface area contributed by atoms with Crippen molar-refractivity contribution in [1.29, 1.82) is 0 Å². The number of hydrogen-bond donors (Lipinski definition) is 3. The highest BCUT2D eigenvalue weighted by atomic mass is 16.6. The molecule has 1 saturated heterocycles. The van der Waals surface area contributed by atoms with Gasteiger partial charge in [-0.25, -0.2) is 9.78 Å². The molecule has 4 amide bonds. The molecule has 10 heteroatoms. The second-order valence-corrected chi connectivity index (χ2v) is 11.5. The highest BCUT2D eigenvalue weighted by Gasteiger charge is 2.39. The highest BCUT2D eigenvalue weighted by molar-refractivity contribution is 6.39. The quantitative estimate of drug-likeness (QED) is 0.520. The Kier molecular flexibility index (Phi) is 9.15. The van der Waals surface area contributed by atoms with E-state index < -0.39 is 23.5 Å². The fraction of sp³-hybridized carbons (Fsp3) is 0.667. The minimum atomic E-state index is -0.694. The largest absolute Gasteiger partial charge is 0.444 e. The average Bonchev–Trinajstić information content (AvgIpc) is 2.79. The smallest absolute Gasteiger partial charge is 0.413 e. The lowest BCUT2D eigenvalue weighted by Gasteiger charge is -2.44. The summed E-state index contributed by atoms with van der Waals surface area (Å²) in [7, 11) is 0. The van der Waals surface area contributed by atoms with Crippen LogP contribution in [-0.4, -0.2) is 57.9 Å². The van der Waals surface area contributed by atoms with Gasteiger partial charge in [0.2, 0.25) is 5.91 Å². The third-order valence-corrected chi connectivity index (χ3v) is 7.00. The number of amides is 4. The maximum absolute atomic E-state index is 13.3. The van der Waals surface area contributed by atoms with Gasteiger partial charge >= 0.3 is 17.9 Å². The Morgan fingerprint density at radius 1 is 1.03 bits per heavy atom. The Balaban J connectivity index is 1.63. The molecule has 204 valence electrons. The molecule has 37 heavy (non-hydrogen) atoms. The first kappa shape index (κ1) is 28.4. The zero-order chi connectivity index (χ0) is 27.3. The van der Waals surface area contributed by atoms with E-state index in [4.69, 9.17) is 4.74 Å². The van der Waals surface area contributed by atoms with Gasteiger partial charge in [0.25, 0.3) is 0 Å². The lowest BCUT2D eigenvalue weighted by Crippen LogP contribution is -2.54. The molecule has 2 atom stereocenters. The Morgan fingerprint density at radius 2 is 1.70 bits per heavy atom. The SMILES string of the molecule is CC(=O)NC1CCC(C2CC[C@@H](C)CN2C(=O)C(=O)Nc2cnc(NC(=O)OC(C)(C)C)c(C)c2)CC1. The van der Waals surface area contributed by atoms with E-state index in [-0.39, 0.29) is 18.0 Å². The Labute approximate surface area is 219 Å². The Hall–Kier alpha value is -3.17. The van der Waals surface area contributed by atoms with Gasteiger partial charge in [-0.2, -0.15) is 0 Å². The molecule has 10 nitrogen and oxygen atoms in total. The number of anilines is 2. The van der Waals surface area contributed by atoms with E-state index in [0.29, 0.717) is 35.4 Å². The van der Waals surface area contributed by atoms with Gasteiger partial charge in [-0.3, -0.25) is 19.7 Å². The van der Waals surface area contributed by atoms with E-state index >= 15 is 0 Å². The summed E-state index contributed by atoms with van der Waals surface area (Å²) in [6.45, 7) is 11.3. The monoisotopic (exact) mass is 515 g/mol. The summed E-state index contributed by atoms with van der Waals surface area (Å²) in [6, 6.07) is 1.87. The molecular weight excluding hydrogens is 474 g/mol. The van der Waals surface area contributed by atoms with Crippen LogP contribution in [0.3, 0.4) is 0 Å². The normalized spacial score (nSPS) is 24.1. The predicted molar refractivity (Wildman–Crippen MR) is 141 cm³/mol. The van der Waals surface area contributed by atoms with Crippen molar-refractivity contribution in [3.05, 3.63) is 17.8 Å². The van der Waals surface area contributed by atoms with Crippen LogP contribution >= 0.6 is 0 Å². The van der Waals surface area contributed by atoms with Crippen LogP contribution in [0, 0.1) is 18.8 Å². The number of pyridine rings is 1. The molecule has 3 rings (SSSR count). The van der Waals surface area contributed by atoms with E-state index in [0.717, 1.165) is 38.5 Å². The number of likely N-dealkylation sites (tertiary alicyclic amines) is 1. The fourth-order valence-corrected chi connectivity index (χ4v) is 5.32. The number of hydrogen-bond acceptors (Lipinski definition) is 6. The summed E-state index contributed by atoms with van der Waals surface area (Å²) in [4.78, 5) is 55.7. The van der Waals surface area contributed by atoms with Crippen molar-refractivity contribution in [3.8, 4) is 0 Å². The van der Waals surface area contributed by atoms with Crippen LogP contribution in [0.25, 0.3) is 0 Å². The molecule has 2 heterocycles. The molecule has 1 aliphatic carbocycles. The summed E-state index contributed by atoms with van der Waals surface area (Å²) >= 11 is 0. The summed E-state index contributed by atoms with van der Waals surface area (Å²) in [5.41, 5.74) is 0.362. The molecule has 1 saturated carbocycles. The van der Waals surface area contributed by atoms with Crippen molar-refractivity contribution in [2.24, 2.45) is 11.8 Å². The zero-order valence-corrected chi connectivity index (χ0v) is 22.8. The fourth-order valence-electron chi connectivity index (χ4n) is 5.32. The first-order valence-corrected chi connectivity index (χ1v) is 13.2. The highest BCUT2D eigenvalue weighted by Crippen LogP contribution is 2.35. The van der Waals surface area contributed by atoms with Gasteiger partial charge in [0.1, 0.15) is 11.4 Å². The second-order valence-electron chi connectivity index (χ2n) is 11.5. The van der Waals surface area contributed by atoms with Crippen LogP contribution in [-0.2, 0) is 19.1 Å². The number of carbonyl (C=O) groups is 4. The number of carbonyl (C=O) groups excluding carboxylic acids is 4. The van der Waals surface area contributed by atoms with Gasteiger partial charge in [0, 0.05) is 25.6 Å². The summed E-state index contributed by atoms with van der Waals surface area (Å²) < 4.78 is 5.25. The molecule has 1 aromatic heterocycles. The third-order valence-electron chi connectivity index (χ3n) is 7.00. The molecule has 0 aromatic carbocycles. The molecule has 1 unspecified atom stereocenters. The molecular formula is C27H41N5O5. The van der Waals surface area contributed by atoms with Gasteiger partial charge < -0.3 is 20.3 Å². The van der Waals surface area contributed by atoms with Crippen LogP contribution in [0.5, 0.6) is 0 Å². The van der Waals surface area contributed by atoms with Crippen LogP contribution in [0.15, 0.2) is 12.3 Å². The number of aryl methyl sites for hydroxylation is 1. The summed E-state index contributed by atoms with van der Waals surface area (Å²) in [6.07, 6.45) is 6.31. The maximum atomic E-state index is 13.3.